The second-order valence-electron chi connectivity index (χ2n) is 24.4. The first-order valence-electron chi connectivity index (χ1n) is 31.3. The van der Waals surface area contributed by atoms with Crippen LogP contribution in [0.15, 0.2) is 315 Å². The number of hydrogen-bond acceptors (Lipinski definition) is 0. The fourth-order valence-electron chi connectivity index (χ4n) is 15.2. The molecule has 0 saturated heterocycles. The van der Waals surface area contributed by atoms with Gasteiger partial charge in [-0.15, -0.1) is 0 Å². The van der Waals surface area contributed by atoms with Crippen LogP contribution in [-0.4, -0.2) is 9.13 Å². The summed E-state index contributed by atoms with van der Waals surface area (Å²) in [7, 11) is 0. The van der Waals surface area contributed by atoms with Crippen LogP contribution in [0.3, 0.4) is 0 Å². The highest BCUT2D eigenvalue weighted by Crippen LogP contribution is 2.47. The van der Waals surface area contributed by atoms with Gasteiger partial charge in [0.15, 0.2) is 0 Å². The Hall–Kier alpha value is -11.6. The van der Waals surface area contributed by atoms with Crippen LogP contribution in [-0.2, 0) is 0 Å². The Labute approximate surface area is 521 Å². The number of benzene rings is 17. The van der Waals surface area contributed by atoms with E-state index in [1.807, 2.05) is 0 Å². The molecule has 0 spiro atoms. The molecule has 2 heteroatoms. The van der Waals surface area contributed by atoms with E-state index in [0.29, 0.717) is 0 Å². The van der Waals surface area contributed by atoms with E-state index in [1.165, 1.54) is 180 Å². The van der Waals surface area contributed by atoms with E-state index < -0.39 is 0 Å². The van der Waals surface area contributed by atoms with Crippen LogP contribution in [0.5, 0.6) is 0 Å². The zero-order chi connectivity index (χ0) is 59.6. The van der Waals surface area contributed by atoms with Crippen molar-refractivity contribution >= 4 is 130 Å². The second-order valence-corrected chi connectivity index (χ2v) is 24.4. The predicted octanol–water partition coefficient (Wildman–Crippen LogP) is 24.4. The minimum Gasteiger partial charge on any atom is -0.309 e. The zero-order valence-corrected chi connectivity index (χ0v) is 49.9. The lowest BCUT2D eigenvalue weighted by molar-refractivity contribution is 1.18. The molecule has 0 aliphatic carbocycles. The highest BCUT2D eigenvalue weighted by Gasteiger charge is 2.22. The Morgan fingerprint density at radius 2 is 0.478 bits per heavy atom. The summed E-state index contributed by atoms with van der Waals surface area (Å²) in [5.74, 6) is 0. The van der Waals surface area contributed by atoms with E-state index in [0.717, 1.165) is 5.69 Å². The highest BCUT2D eigenvalue weighted by atomic mass is 15.0. The lowest BCUT2D eigenvalue weighted by Crippen LogP contribution is -1.95. The summed E-state index contributed by atoms with van der Waals surface area (Å²) in [6.45, 7) is 4.39. The number of aromatic nitrogens is 2. The van der Waals surface area contributed by atoms with Crippen LogP contribution < -0.4 is 0 Å². The van der Waals surface area contributed by atoms with Crippen molar-refractivity contribution < 1.29 is 0 Å². The maximum Gasteiger partial charge on any atom is 0.0547 e. The average Bonchev–Trinajstić information content (AvgIpc) is 1.52. The number of rotatable bonds is 5. The number of nitrogens with zero attached hydrogens (tertiary/aromatic N) is 2. The number of fused-ring (bicyclic) bond motifs is 18. The summed E-state index contributed by atoms with van der Waals surface area (Å²) in [5.41, 5.74) is 17.4. The van der Waals surface area contributed by atoms with E-state index in [-0.39, 0.29) is 0 Å². The quantitative estimate of drug-likeness (QED) is 0.152. The Bertz CT molecular complexity index is 5900. The first-order valence-corrected chi connectivity index (χ1v) is 31.3. The van der Waals surface area contributed by atoms with Gasteiger partial charge in [-0.2, -0.15) is 0 Å². The van der Waals surface area contributed by atoms with E-state index in [4.69, 9.17) is 0 Å². The molecule has 0 N–H and O–H groups in total. The summed E-state index contributed by atoms with van der Waals surface area (Å²) in [6.07, 6.45) is 0. The van der Waals surface area contributed by atoms with Crippen molar-refractivity contribution in [2.45, 2.75) is 13.8 Å². The van der Waals surface area contributed by atoms with Gasteiger partial charge in [0.05, 0.1) is 22.1 Å². The molecule has 2 aromatic heterocycles. The summed E-state index contributed by atoms with van der Waals surface area (Å²) in [6, 6.07) is 116. The SMILES string of the molecule is Cc1ccc2c(-c3ccc(-n4c5ccc6ccccc6c5c5c6ccccc6ccc54)cc3)c3cc(C)ccc3c(-c3ccccc3)c2c1.c1ccc2c(-c3ccc(-n4c5ccc6ccccc6c5c5c6ccccc6ccc54)cc3)c3ccccc3cc2c1. The van der Waals surface area contributed by atoms with Crippen molar-refractivity contribution in [1.82, 2.24) is 9.13 Å². The molecule has 0 radical (unpaired) electrons. The van der Waals surface area contributed by atoms with Gasteiger partial charge in [-0.3, -0.25) is 0 Å². The van der Waals surface area contributed by atoms with E-state index in [2.05, 4.69) is 338 Å². The molecule has 0 fully saturated rings. The lowest BCUT2D eigenvalue weighted by Gasteiger charge is -2.19. The molecule has 19 aromatic rings. The van der Waals surface area contributed by atoms with E-state index in [9.17, 15) is 0 Å². The molecule has 17 aromatic carbocycles. The molecular weight excluding hydrogens is 1080 g/mol. The van der Waals surface area contributed by atoms with E-state index >= 15 is 0 Å². The molecule has 19 rings (SSSR count). The minimum absolute atomic E-state index is 1.16. The van der Waals surface area contributed by atoms with Crippen molar-refractivity contribution in [1.29, 1.82) is 0 Å². The third-order valence-corrected chi connectivity index (χ3v) is 19.2. The Morgan fingerprint density at radius 3 is 0.833 bits per heavy atom. The normalized spacial score (nSPS) is 11.9. The Balaban J connectivity index is 0.000000136. The molecule has 0 bridgehead atoms. The van der Waals surface area contributed by atoms with Gasteiger partial charge in [0.1, 0.15) is 0 Å². The molecule has 420 valence electrons. The molecule has 0 amide bonds. The maximum absolute atomic E-state index is 2.45. The van der Waals surface area contributed by atoms with Crippen LogP contribution in [0.2, 0.25) is 0 Å². The third-order valence-electron chi connectivity index (χ3n) is 19.2. The van der Waals surface area contributed by atoms with Crippen molar-refractivity contribution in [2.75, 3.05) is 0 Å². The van der Waals surface area contributed by atoms with Crippen LogP contribution in [0, 0.1) is 13.8 Å². The van der Waals surface area contributed by atoms with Gasteiger partial charge in [0.25, 0.3) is 0 Å². The summed E-state index contributed by atoms with van der Waals surface area (Å²) in [4.78, 5) is 0. The number of aryl methyl sites for hydroxylation is 2. The van der Waals surface area contributed by atoms with Gasteiger partial charge in [0, 0.05) is 32.9 Å². The van der Waals surface area contributed by atoms with Crippen molar-refractivity contribution in [3.05, 3.63) is 327 Å². The zero-order valence-electron chi connectivity index (χ0n) is 49.9. The first kappa shape index (κ1) is 51.6. The Morgan fingerprint density at radius 1 is 0.189 bits per heavy atom. The average molecular weight is 1140 g/mol. The molecule has 0 aliphatic heterocycles. The standard InChI is InChI=1S/C48H33N.C40H25N/c1-30-17-25-40-41(28-30)45(34-12-4-3-5-13-34)39-24-16-31(2)29-42(39)46(40)35-18-22-36(23-19-35)49-43-26-20-32-10-6-8-14-37(32)47(43)48-38-15-9-7-11-33(38)21-27-44(48)49;1-5-13-32-26(9-1)19-23-36-39(32)40-33-14-6-2-10-27(33)20-24-37(40)41(36)31-21-17-28(18-22-31)38-34-15-7-3-11-29(34)25-30-12-4-8-16-35(30)38/h3-29H,1-2H3;1-25H. The van der Waals surface area contributed by atoms with Gasteiger partial charge < -0.3 is 9.13 Å². The van der Waals surface area contributed by atoms with Gasteiger partial charge in [-0.25, -0.2) is 0 Å². The van der Waals surface area contributed by atoms with Gasteiger partial charge in [0.2, 0.25) is 0 Å². The third kappa shape index (κ3) is 8.05. The molecule has 0 saturated carbocycles. The van der Waals surface area contributed by atoms with Gasteiger partial charge in [-0.05, 0) is 188 Å². The monoisotopic (exact) mass is 1140 g/mol. The maximum atomic E-state index is 2.45. The molecule has 0 atom stereocenters. The Kier molecular flexibility index (Phi) is 11.8. The first-order chi connectivity index (χ1) is 44.5. The smallest absolute Gasteiger partial charge is 0.0547 e. The molecule has 0 unspecified atom stereocenters. The van der Waals surface area contributed by atoms with Crippen molar-refractivity contribution in [3.8, 4) is 44.8 Å². The van der Waals surface area contributed by atoms with Crippen molar-refractivity contribution in [3.63, 3.8) is 0 Å². The van der Waals surface area contributed by atoms with Gasteiger partial charge in [-0.1, -0.05) is 272 Å². The van der Waals surface area contributed by atoms with Crippen molar-refractivity contribution in [2.24, 2.45) is 0 Å². The van der Waals surface area contributed by atoms with Gasteiger partial charge >= 0.3 is 0 Å². The molecular formula is C88H58N2. The van der Waals surface area contributed by atoms with Crippen LogP contribution in [0.1, 0.15) is 11.1 Å². The fourth-order valence-corrected chi connectivity index (χ4v) is 15.2. The van der Waals surface area contributed by atoms with Crippen LogP contribution in [0.25, 0.3) is 175 Å². The fraction of sp³-hybridized carbons (Fsp3) is 0.0227. The summed E-state index contributed by atoms with van der Waals surface area (Å²) in [5, 5.41) is 25.8. The number of hydrogen-bond donors (Lipinski definition) is 0. The predicted molar refractivity (Wildman–Crippen MR) is 387 cm³/mol. The topological polar surface area (TPSA) is 9.86 Å². The molecule has 0 aliphatic rings. The minimum atomic E-state index is 1.16. The van der Waals surface area contributed by atoms with Crippen LogP contribution in [0.4, 0.5) is 0 Å². The second kappa shape index (κ2) is 20.5. The molecule has 2 heterocycles. The van der Waals surface area contributed by atoms with E-state index in [1.54, 1.807) is 0 Å². The lowest BCUT2D eigenvalue weighted by atomic mass is 9.85. The molecule has 90 heavy (non-hydrogen) atoms. The molecule has 2 nitrogen and oxygen atoms in total. The largest absolute Gasteiger partial charge is 0.309 e. The summed E-state index contributed by atoms with van der Waals surface area (Å²) >= 11 is 0. The van der Waals surface area contributed by atoms with Crippen LogP contribution >= 0.6 is 0 Å². The highest BCUT2D eigenvalue weighted by molar-refractivity contribution is 6.30. The summed E-state index contributed by atoms with van der Waals surface area (Å²) < 4.78 is 4.89.